The second-order valence-corrected chi connectivity index (χ2v) is 7.06. The number of aryl methyl sites for hydroxylation is 2. The Morgan fingerprint density at radius 2 is 2.00 bits per heavy atom. The number of nitrogens with zero attached hydrogens (tertiary/aromatic N) is 3. The fourth-order valence-electron chi connectivity index (χ4n) is 2.85. The molecule has 0 saturated carbocycles. The van der Waals surface area contributed by atoms with Gasteiger partial charge in [-0.3, -0.25) is 10.1 Å². The molecule has 0 aliphatic heterocycles. The van der Waals surface area contributed by atoms with Crippen molar-refractivity contribution >= 4 is 28.2 Å². The minimum atomic E-state index is -0.301. The first-order valence-corrected chi connectivity index (χ1v) is 9.38. The van der Waals surface area contributed by atoms with Crippen LogP contribution in [-0.2, 0) is 4.79 Å². The SMILES string of the molecule is Cc1ccc(-c2csc3nc(NC(=O)COc4ccccc4)nn23)c(C)c1. The third-order valence-corrected chi connectivity index (χ3v) is 4.92. The molecule has 4 rings (SSSR count). The Hall–Kier alpha value is -3.19. The Morgan fingerprint density at radius 3 is 2.78 bits per heavy atom. The second-order valence-electron chi connectivity index (χ2n) is 6.22. The minimum absolute atomic E-state index is 0.0964. The van der Waals surface area contributed by atoms with Gasteiger partial charge in [-0.2, -0.15) is 4.98 Å². The largest absolute Gasteiger partial charge is 0.484 e. The van der Waals surface area contributed by atoms with Crippen LogP contribution >= 0.6 is 11.3 Å². The maximum Gasteiger partial charge on any atom is 0.264 e. The van der Waals surface area contributed by atoms with E-state index in [1.165, 1.54) is 22.5 Å². The summed E-state index contributed by atoms with van der Waals surface area (Å²) in [6, 6.07) is 15.5. The molecule has 0 radical (unpaired) electrons. The zero-order valence-electron chi connectivity index (χ0n) is 15.0. The Labute approximate surface area is 160 Å². The molecule has 0 atom stereocenters. The van der Waals surface area contributed by atoms with Gasteiger partial charge in [0.05, 0.1) is 5.69 Å². The van der Waals surface area contributed by atoms with Crippen molar-refractivity contribution in [2.45, 2.75) is 13.8 Å². The average molecular weight is 378 g/mol. The predicted octanol–water partition coefficient (Wildman–Crippen LogP) is 4.09. The van der Waals surface area contributed by atoms with Crippen molar-refractivity contribution in [3.63, 3.8) is 0 Å². The van der Waals surface area contributed by atoms with Crippen LogP contribution in [0.2, 0.25) is 0 Å². The lowest BCUT2D eigenvalue weighted by Crippen LogP contribution is -2.20. The van der Waals surface area contributed by atoms with Crippen LogP contribution in [0.15, 0.2) is 53.9 Å². The number of benzene rings is 2. The molecule has 0 aliphatic rings. The molecule has 0 fully saturated rings. The monoisotopic (exact) mass is 378 g/mol. The molecule has 2 heterocycles. The maximum atomic E-state index is 12.1. The molecule has 2 aromatic heterocycles. The van der Waals surface area contributed by atoms with Crippen LogP contribution < -0.4 is 10.1 Å². The zero-order valence-corrected chi connectivity index (χ0v) is 15.8. The molecule has 2 aromatic carbocycles. The molecule has 4 aromatic rings. The summed E-state index contributed by atoms with van der Waals surface area (Å²) in [6.45, 7) is 4.05. The van der Waals surface area contributed by atoms with Crippen LogP contribution in [0.4, 0.5) is 5.95 Å². The van der Waals surface area contributed by atoms with Crippen LogP contribution in [0, 0.1) is 13.8 Å². The molecule has 0 aliphatic carbocycles. The van der Waals surface area contributed by atoms with E-state index in [4.69, 9.17) is 4.74 Å². The fourth-order valence-corrected chi connectivity index (χ4v) is 3.67. The lowest BCUT2D eigenvalue weighted by Gasteiger charge is -2.05. The van der Waals surface area contributed by atoms with Crippen LogP contribution in [0.5, 0.6) is 5.75 Å². The number of carbonyl (C=O) groups excluding carboxylic acids is 1. The summed E-state index contributed by atoms with van der Waals surface area (Å²) in [5.41, 5.74) is 4.45. The van der Waals surface area contributed by atoms with Gasteiger partial charge in [0.15, 0.2) is 6.61 Å². The van der Waals surface area contributed by atoms with Gasteiger partial charge in [0, 0.05) is 10.9 Å². The van der Waals surface area contributed by atoms with Gasteiger partial charge in [0.2, 0.25) is 4.96 Å². The van der Waals surface area contributed by atoms with Gasteiger partial charge in [0.1, 0.15) is 5.75 Å². The lowest BCUT2D eigenvalue weighted by atomic mass is 10.0. The first-order chi connectivity index (χ1) is 13.1. The normalized spacial score (nSPS) is 10.9. The first-order valence-electron chi connectivity index (χ1n) is 8.50. The van der Waals surface area contributed by atoms with Gasteiger partial charge < -0.3 is 4.74 Å². The van der Waals surface area contributed by atoms with E-state index in [9.17, 15) is 4.79 Å². The van der Waals surface area contributed by atoms with Crippen LogP contribution in [0.25, 0.3) is 16.2 Å². The molecule has 0 spiro atoms. The van der Waals surface area contributed by atoms with Crippen LogP contribution in [-0.4, -0.2) is 27.1 Å². The summed E-state index contributed by atoms with van der Waals surface area (Å²) in [5, 5.41) is 9.15. The summed E-state index contributed by atoms with van der Waals surface area (Å²) in [6.07, 6.45) is 0. The number of aromatic nitrogens is 3. The number of rotatable bonds is 5. The summed E-state index contributed by atoms with van der Waals surface area (Å²) in [7, 11) is 0. The first kappa shape index (κ1) is 17.2. The third-order valence-electron chi connectivity index (χ3n) is 4.10. The molecular weight excluding hydrogens is 360 g/mol. The van der Waals surface area contributed by atoms with E-state index in [0.717, 1.165) is 16.2 Å². The van der Waals surface area contributed by atoms with Gasteiger partial charge in [-0.05, 0) is 31.5 Å². The van der Waals surface area contributed by atoms with E-state index in [1.54, 1.807) is 16.6 Å². The van der Waals surface area contributed by atoms with Gasteiger partial charge in [-0.1, -0.05) is 42.0 Å². The molecule has 0 saturated heterocycles. The van der Waals surface area contributed by atoms with Crippen molar-refractivity contribution in [2.24, 2.45) is 0 Å². The fraction of sp³-hybridized carbons (Fsp3) is 0.150. The third kappa shape index (κ3) is 3.68. The Balaban J connectivity index is 1.51. The Kier molecular flexibility index (Phi) is 4.60. The summed E-state index contributed by atoms with van der Waals surface area (Å²) < 4.78 is 7.20. The number of para-hydroxylation sites is 1. The minimum Gasteiger partial charge on any atom is -0.484 e. The number of ether oxygens (including phenoxy) is 1. The second kappa shape index (κ2) is 7.20. The van der Waals surface area contributed by atoms with Crippen molar-refractivity contribution in [3.05, 3.63) is 65.0 Å². The Morgan fingerprint density at radius 1 is 1.19 bits per heavy atom. The number of nitrogens with one attached hydrogen (secondary N) is 1. The van der Waals surface area contributed by atoms with Crippen LogP contribution in [0.3, 0.4) is 0 Å². The van der Waals surface area contributed by atoms with Gasteiger partial charge in [-0.25, -0.2) is 4.52 Å². The van der Waals surface area contributed by atoms with Crippen LogP contribution in [0.1, 0.15) is 11.1 Å². The van der Waals surface area contributed by atoms with Crippen molar-refractivity contribution in [3.8, 4) is 17.0 Å². The molecular formula is C20H18N4O2S. The highest BCUT2D eigenvalue weighted by atomic mass is 32.1. The van der Waals surface area contributed by atoms with Gasteiger partial charge >= 0.3 is 0 Å². The lowest BCUT2D eigenvalue weighted by molar-refractivity contribution is -0.118. The van der Waals surface area contributed by atoms with E-state index in [-0.39, 0.29) is 18.5 Å². The van der Waals surface area contributed by atoms with Crippen molar-refractivity contribution in [1.82, 2.24) is 14.6 Å². The number of anilines is 1. The number of carbonyl (C=O) groups is 1. The maximum absolute atomic E-state index is 12.1. The van der Waals surface area contributed by atoms with E-state index >= 15 is 0 Å². The zero-order chi connectivity index (χ0) is 18.8. The highest BCUT2D eigenvalue weighted by molar-refractivity contribution is 7.15. The summed E-state index contributed by atoms with van der Waals surface area (Å²) in [4.78, 5) is 17.2. The summed E-state index contributed by atoms with van der Waals surface area (Å²) in [5.74, 6) is 0.614. The van der Waals surface area contributed by atoms with E-state index < -0.39 is 0 Å². The molecule has 0 bridgehead atoms. The average Bonchev–Trinajstić information content (AvgIpc) is 3.21. The Bertz CT molecular complexity index is 1100. The van der Waals surface area contributed by atoms with Crippen molar-refractivity contribution < 1.29 is 9.53 Å². The van der Waals surface area contributed by atoms with Crippen molar-refractivity contribution in [2.75, 3.05) is 11.9 Å². The summed E-state index contributed by atoms with van der Waals surface area (Å²) >= 11 is 1.49. The standard InChI is InChI=1S/C20H18N4O2S/c1-13-8-9-16(14(2)10-13)17-12-27-20-22-19(23-24(17)20)21-18(25)11-26-15-6-4-3-5-7-15/h3-10,12H,11H2,1-2H3,(H,21,23,25). The number of hydrogen-bond acceptors (Lipinski definition) is 5. The van der Waals surface area contributed by atoms with Gasteiger partial charge in [0.25, 0.3) is 11.9 Å². The smallest absolute Gasteiger partial charge is 0.264 e. The van der Waals surface area contributed by atoms with Gasteiger partial charge in [-0.15, -0.1) is 16.4 Å². The molecule has 1 amide bonds. The quantitative estimate of drug-likeness (QED) is 0.568. The number of hydrogen-bond donors (Lipinski definition) is 1. The number of amides is 1. The number of fused-ring (bicyclic) bond motifs is 1. The number of thiazole rings is 1. The van der Waals surface area contributed by atoms with E-state index in [1.807, 2.05) is 23.6 Å². The predicted molar refractivity (Wildman–Crippen MR) is 106 cm³/mol. The van der Waals surface area contributed by atoms with E-state index in [0.29, 0.717) is 5.75 Å². The highest BCUT2D eigenvalue weighted by Crippen LogP contribution is 2.28. The topological polar surface area (TPSA) is 68.5 Å². The van der Waals surface area contributed by atoms with Crippen molar-refractivity contribution in [1.29, 1.82) is 0 Å². The molecule has 1 N–H and O–H groups in total. The molecule has 0 unspecified atom stereocenters. The molecule has 27 heavy (non-hydrogen) atoms. The molecule has 6 nitrogen and oxygen atoms in total. The molecule has 7 heteroatoms. The van der Waals surface area contributed by atoms with E-state index in [2.05, 4.69) is 47.4 Å². The molecule has 136 valence electrons. The highest BCUT2D eigenvalue weighted by Gasteiger charge is 2.15.